The second-order valence-electron chi connectivity index (χ2n) is 11.3. The first-order chi connectivity index (χ1) is 19.5. The number of likely N-dealkylation sites (N-methyl/N-ethyl adjacent to an activating group) is 1. The van der Waals surface area contributed by atoms with Crippen LogP contribution in [0.1, 0.15) is 45.8 Å². The highest BCUT2D eigenvalue weighted by Crippen LogP contribution is 2.33. The van der Waals surface area contributed by atoms with Crippen molar-refractivity contribution in [3.63, 3.8) is 0 Å². The summed E-state index contributed by atoms with van der Waals surface area (Å²) in [5.41, 5.74) is 12.3. The first-order valence-corrected chi connectivity index (χ1v) is 14.5. The topological polar surface area (TPSA) is 93.9 Å². The molecule has 3 aliphatic rings. The van der Waals surface area contributed by atoms with E-state index in [1.807, 2.05) is 12.1 Å². The Balaban J connectivity index is 1.12. The van der Waals surface area contributed by atoms with Gasteiger partial charge in [-0.3, -0.25) is 4.79 Å². The van der Waals surface area contributed by atoms with Crippen LogP contribution in [0.5, 0.6) is 0 Å². The molecule has 0 bridgehead atoms. The predicted molar refractivity (Wildman–Crippen MR) is 161 cm³/mol. The number of carbonyl (C=O) groups excluding carboxylic acids is 1. The maximum absolute atomic E-state index is 11.9. The highest BCUT2D eigenvalue weighted by atomic mass is 16.1. The van der Waals surface area contributed by atoms with Gasteiger partial charge in [-0.25, -0.2) is 0 Å². The summed E-state index contributed by atoms with van der Waals surface area (Å²) in [7, 11) is 3.83. The van der Waals surface area contributed by atoms with E-state index in [0.717, 1.165) is 83.3 Å². The Morgan fingerprint density at radius 2 is 1.52 bits per heavy atom. The van der Waals surface area contributed by atoms with Crippen LogP contribution >= 0.6 is 0 Å². The molecule has 0 saturated carbocycles. The predicted octanol–water partition coefficient (Wildman–Crippen LogP) is 3.12. The Labute approximate surface area is 237 Å². The largest absolute Gasteiger partial charge is 0.371 e. The summed E-state index contributed by atoms with van der Waals surface area (Å²) >= 11 is 0. The summed E-state index contributed by atoms with van der Waals surface area (Å²) in [5.74, 6) is 2.69. The van der Waals surface area contributed by atoms with Gasteiger partial charge in [-0.15, -0.1) is 0 Å². The number of fused-ring (bicyclic) bond motifs is 1. The molecule has 3 aromatic rings. The van der Waals surface area contributed by atoms with Crippen LogP contribution in [0.4, 0.5) is 23.3 Å². The number of nitrogens with two attached hydrogens (primary N) is 1. The van der Waals surface area contributed by atoms with Crippen molar-refractivity contribution >= 4 is 29.2 Å². The van der Waals surface area contributed by atoms with Gasteiger partial charge < -0.3 is 30.7 Å². The molecule has 0 radical (unpaired) electrons. The van der Waals surface area contributed by atoms with Crippen molar-refractivity contribution in [3.8, 4) is 0 Å². The molecular weight excluding hydrogens is 500 g/mol. The van der Waals surface area contributed by atoms with Crippen molar-refractivity contribution in [3.05, 3.63) is 70.8 Å². The summed E-state index contributed by atoms with van der Waals surface area (Å²) < 4.78 is 0. The van der Waals surface area contributed by atoms with E-state index in [2.05, 4.69) is 78.3 Å². The van der Waals surface area contributed by atoms with E-state index in [1.54, 1.807) is 7.05 Å². The number of piperazine rings is 1. The Kier molecular flexibility index (Phi) is 7.47. The molecule has 0 unspecified atom stereocenters. The fraction of sp³-hybridized carbons (Fsp3) is 0.452. The zero-order valence-corrected chi connectivity index (χ0v) is 23.6. The van der Waals surface area contributed by atoms with Crippen LogP contribution in [0.2, 0.25) is 0 Å². The number of nitrogens with zero attached hydrogens (tertiary/aromatic N) is 6. The Morgan fingerprint density at radius 1 is 0.825 bits per heavy atom. The number of hydrogen-bond acceptors (Lipinski definition) is 8. The highest BCUT2D eigenvalue weighted by Gasteiger charge is 2.25. The first kappa shape index (κ1) is 26.4. The molecule has 2 aromatic carbocycles. The van der Waals surface area contributed by atoms with Crippen molar-refractivity contribution in [1.82, 2.24) is 20.2 Å². The lowest BCUT2D eigenvalue weighted by Gasteiger charge is -2.36. The van der Waals surface area contributed by atoms with Crippen LogP contribution < -0.4 is 25.8 Å². The lowest BCUT2D eigenvalue weighted by molar-refractivity contribution is 0.0963. The molecule has 3 aliphatic heterocycles. The monoisotopic (exact) mass is 540 g/mol. The van der Waals surface area contributed by atoms with E-state index in [-0.39, 0.29) is 5.91 Å². The van der Waals surface area contributed by atoms with E-state index in [1.165, 1.54) is 22.4 Å². The van der Waals surface area contributed by atoms with E-state index in [0.29, 0.717) is 17.4 Å². The van der Waals surface area contributed by atoms with Gasteiger partial charge in [-0.2, -0.15) is 9.97 Å². The Bertz CT molecular complexity index is 1340. The molecule has 1 aromatic heterocycles. The molecule has 0 atom stereocenters. The number of nitrogens with one attached hydrogen (secondary N) is 1. The zero-order valence-electron chi connectivity index (χ0n) is 23.6. The summed E-state index contributed by atoms with van der Waals surface area (Å²) in [6.45, 7) is 7.78. The number of hydrogen-bond donors (Lipinski definition) is 2. The molecule has 2 fully saturated rings. The third-order valence-corrected chi connectivity index (χ3v) is 8.80. The number of piperidine rings is 1. The van der Waals surface area contributed by atoms with Gasteiger partial charge in [0, 0.05) is 76.7 Å². The minimum Gasteiger partial charge on any atom is -0.371 e. The fourth-order valence-electron chi connectivity index (χ4n) is 6.26. The smallest absolute Gasteiger partial charge is 0.251 e. The quantitative estimate of drug-likeness (QED) is 0.510. The number of anilines is 4. The van der Waals surface area contributed by atoms with Gasteiger partial charge in [0.05, 0.1) is 0 Å². The van der Waals surface area contributed by atoms with Gasteiger partial charge in [-0.05, 0) is 73.2 Å². The highest BCUT2D eigenvalue weighted by molar-refractivity contribution is 5.93. The van der Waals surface area contributed by atoms with Gasteiger partial charge in [0.1, 0.15) is 11.6 Å². The second kappa shape index (κ2) is 11.3. The molecule has 9 nitrogen and oxygen atoms in total. The molecule has 0 spiro atoms. The number of nitrogen functional groups attached to an aromatic ring is 1. The van der Waals surface area contributed by atoms with Crippen LogP contribution in [0, 0.1) is 0 Å². The average Bonchev–Trinajstić information content (AvgIpc) is 3.00. The normalized spacial score (nSPS) is 18.5. The van der Waals surface area contributed by atoms with Crippen molar-refractivity contribution in [1.29, 1.82) is 0 Å². The SMILES string of the molecule is CNC(=O)c1ccc(C2CCN(c3ccc4c(c3)CN(c3cc(N5CCN(C)CC5)nc(N)n3)CC4)CC2)cc1. The number of benzene rings is 2. The summed E-state index contributed by atoms with van der Waals surface area (Å²) in [6, 6.07) is 17.2. The van der Waals surface area contributed by atoms with E-state index in [9.17, 15) is 4.79 Å². The molecule has 9 heteroatoms. The summed E-state index contributed by atoms with van der Waals surface area (Å²) in [4.78, 5) is 30.6. The van der Waals surface area contributed by atoms with Gasteiger partial charge in [-0.1, -0.05) is 18.2 Å². The third kappa shape index (κ3) is 5.56. The fourth-order valence-corrected chi connectivity index (χ4v) is 6.26. The van der Waals surface area contributed by atoms with Gasteiger partial charge in [0.25, 0.3) is 5.91 Å². The maximum Gasteiger partial charge on any atom is 0.251 e. The lowest BCUT2D eigenvalue weighted by Crippen LogP contribution is -2.45. The molecule has 4 heterocycles. The van der Waals surface area contributed by atoms with Crippen molar-refractivity contribution in [2.75, 3.05) is 80.3 Å². The summed E-state index contributed by atoms with van der Waals surface area (Å²) in [5, 5.41) is 2.69. The molecule has 40 heavy (non-hydrogen) atoms. The van der Waals surface area contributed by atoms with Crippen molar-refractivity contribution < 1.29 is 4.79 Å². The van der Waals surface area contributed by atoms with Crippen molar-refractivity contribution in [2.24, 2.45) is 0 Å². The number of aromatic nitrogens is 2. The number of amides is 1. The van der Waals surface area contributed by atoms with E-state index >= 15 is 0 Å². The maximum atomic E-state index is 11.9. The Hall–Kier alpha value is -3.85. The Morgan fingerprint density at radius 3 is 2.23 bits per heavy atom. The first-order valence-electron chi connectivity index (χ1n) is 14.5. The van der Waals surface area contributed by atoms with E-state index < -0.39 is 0 Å². The molecule has 2 saturated heterocycles. The average molecular weight is 541 g/mol. The van der Waals surface area contributed by atoms with Gasteiger partial charge in [0.2, 0.25) is 5.95 Å². The van der Waals surface area contributed by atoms with E-state index in [4.69, 9.17) is 5.73 Å². The van der Waals surface area contributed by atoms with Crippen LogP contribution in [0.3, 0.4) is 0 Å². The van der Waals surface area contributed by atoms with Crippen LogP contribution in [-0.4, -0.2) is 80.7 Å². The van der Waals surface area contributed by atoms with Gasteiger partial charge >= 0.3 is 0 Å². The molecule has 3 N–H and O–H groups in total. The third-order valence-electron chi connectivity index (χ3n) is 8.80. The number of rotatable bonds is 5. The van der Waals surface area contributed by atoms with Gasteiger partial charge in [0.15, 0.2) is 0 Å². The van der Waals surface area contributed by atoms with Crippen LogP contribution in [0.25, 0.3) is 0 Å². The molecule has 0 aliphatic carbocycles. The molecule has 210 valence electrons. The zero-order chi connectivity index (χ0) is 27.6. The minimum absolute atomic E-state index is 0.0361. The molecular formula is C31H40N8O. The standard InChI is InChI=1S/C31H40N8O/c1-33-30(40)25-5-3-22(4-6-25)24-9-12-37(13-10-24)27-8-7-23-11-14-39(21-26(23)19-27)29-20-28(34-31(32)35-29)38-17-15-36(2)16-18-38/h3-8,19-20,24H,9-18,21H2,1-2H3,(H,33,40)(H2,32,34,35). The number of carbonyl (C=O) groups is 1. The lowest BCUT2D eigenvalue weighted by atomic mass is 9.88. The second-order valence-corrected chi connectivity index (χ2v) is 11.3. The van der Waals surface area contributed by atoms with Crippen LogP contribution in [-0.2, 0) is 13.0 Å². The summed E-state index contributed by atoms with van der Waals surface area (Å²) in [6.07, 6.45) is 3.22. The molecule has 6 rings (SSSR count). The van der Waals surface area contributed by atoms with Crippen LogP contribution in [0.15, 0.2) is 48.5 Å². The van der Waals surface area contributed by atoms with Crippen molar-refractivity contribution in [2.45, 2.75) is 31.7 Å². The molecule has 1 amide bonds. The minimum atomic E-state index is -0.0361.